The van der Waals surface area contributed by atoms with E-state index in [1.807, 2.05) is 6.92 Å². The Hall–Kier alpha value is -4.13. The minimum absolute atomic E-state index is 0.0559. The van der Waals surface area contributed by atoms with E-state index >= 15 is 0 Å². The number of hydrogen-bond donors (Lipinski definition) is 1. The number of carbonyl (C=O) groups is 1. The van der Waals surface area contributed by atoms with Crippen molar-refractivity contribution in [3.8, 4) is 11.5 Å². The van der Waals surface area contributed by atoms with Crippen molar-refractivity contribution >= 4 is 22.6 Å². The van der Waals surface area contributed by atoms with Gasteiger partial charge in [0.2, 0.25) is 5.76 Å². The second-order valence-electron chi connectivity index (χ2n) is 7.89. The molecule has 1 aliphatic rings. The van der Waals surface area contributed by atoms with Crippen LogP contribution in [0.2, 0.25) is 0 Å². The van der Waals surface area contributed by atoms with Gasteiger partial charge in [-0.2, -0.15) is 0 Å². The van der Waals surface area contributed by atoms with Gasteiger partial charge < -0.3 is 14.3 Å². The summed E-state index contributed by atoms with van der Waals surface area (Å²) in [5.74, 6) is -0.835. The number of phenolic OH excluding ortho intramolecular Hbond substituents is 1. The van der Waals surface area contributed by atoms with E-state index in [9.17, 15) is 19.1 Å². The van der Waals surface area contributed by atoms with Crippen LogP contribution in [0.25, 0.3) is 11.0 Å². The molecule has 6 nitrogen and oxygen atoms in total. The zero-order chi connectivity index (χ0) is 23.3. The van der Waals surface area contributed by atoms with Crippen LogP contribution in [-0.4, -0.2) is 17.6 Å². The molecule has 3 aromatic carbocycles. The van der Waals surface area contributed by atoms with Gasteiger partial charge in [0.05, 0.1) is 23.6 Å². The van der Waals surface area contributed by atoms with Crippen molar-refractivity contribution in [2.24, 2.45) is 0 Å². The Balaban J connectivity index is 1.80. The van der Waals surface area contributed by atoms with Gasteiger partial charge in [-0.15, -0.1) is 0 Å². The largest absolute Gasteiger partial charge is 0.504 e. The lowest BCUT2D eigenvalue weighted by molar-refractivity contribution is 0.0971. The summed E-state index contributed by atoms with van der Waals surface area (Å²) in [6.07, 6.45) is 0. The Labute approximate surface area is 188 Å². The third-order valence-electron chi connectivity index (χ3n) is 5.73. The summed E-state index contributed by atoms with van der Waals surface area (Å²) in [6, 6.07) is 14.5. The van der Waals surface area contributed by atoms with E-state index < -0.39 is 17.8 Å². The number of anilines is 1. The summed E-state index contributed by atoms with van der Waals surface area (Å²) < 4.78 is 25.1. The number of phenols is 1. The first-order valence-corrected chi connectivity index (χ1v) is 10.5. The summed E-state index contributed by atoms with van der Waals surface area (Å²) >= 11 is 0. The van der Waals surface area contributed by atoms with Gasteiger partial charge in [-0.3, -0.25) is 14.5 Å². The molecule has 1 N–H and O–H groups in total. The van der Waals surface area contributed by atoms with Gasteiger partial charge in [-0.1, -0.05) is 17.7 Å². The number of ether oxygens (including phenoxy) is 1. The van der Waals surface area contributed by atoms with Gasteiger partial charge in [0, 0.05) is 5.69 Å². The minimum atomic E-state index is -0.848. The Bertz CT molecular complexity index is 1460. The topological polar surface area (TPSA) is 80.0 Å². The number of benzene rings is 3. The fraction of sp³-hybridized carbons (Fsp3) is 0.154. The summed E-state index contributed by atoms with van der Waals surface area (Å²) in [7, 11) is 0. The van der Waals surface area contributed by atoms with Crippen molar-refractivity contribution in [3.05, 3.63) is 99.2 Å². The smallest absolute Gasteiger partial charge is 0.295 e. The van der Waals surface area contributed by atoms with Crippen LogP contribution in [0.4, 0.5) is 10.1 Å². The van der Waals surface area contributed by atoms with E-state index in [-0.39, 0.29) is 28.3 Å². The maximum atomic E-state index is 13.6. The molecular formula is C26H20FNO5. The lowest BCUT2D eigenvalue weighted by atomic mass is 9.97. The molecule has 0 saturated heterocycles. The van der Waals surface area contributed by atoms with Gasteiger partial charge in [-0.05, 0) is 67.9 Å². The van der Waals surface area contributed by atoms with E-state index in [2.05, 4.69) is 0 Å². The van der Waals surface area contributed by atoms with Crippen LogP contribution in [0.1, 0.15) is 40.2 Å². The van der Waals surface area contributed by atoms with Crippen LogP contribution < -0.4 is 15.1 Å². The first kappa shape index (κ1) is 20.8. The number of amides is 1. The number of carbonyl (C=O) groups excluding carboxylic acids is 1. The predicted octanol–water partition coefficient (Wildman–Crippen LogP) is 5.09. The van der Waals surface area contributed by atoms with Gasteiger partial charge in [-0.25, -0.2) is 4.39 Å². The molecule has 166 valence electrons. The average Bonchev–Trinajstić information content (AvgIpc) is 3.09. The Kier molecular flexibility index (Phi) is 4.89. The molecule has 1 unspecified atom stereocenters. The molecule has 0 radical (unpaired) electrons. The quantitative estimate of drug-likeness (QED) is 0.473. The van der Waals surface area contributed by atoms with Crippen LogP contribution >= 0.6 is 0 Å². The third kappa shape index (κ3) is 3.33. The van der Waals surface area contributed by atoms with E-state index in [1.165, 1.54) is 35.2 Å². The molecule has 1 atom stereocenters. The number of aryl methyl sites for hydroxylation is 1. The maximum Gasteiger partial charge on any atom is 0.295 e. The van der Waals surface area contributed by atoms with Crippen LogP contribution in [0, 0.1) is 12.7 Å². The monoisotopic (exact) mass is 445 g/mol. The highest BCUT2D eigenvalue weighted by atomic mass is 19.1. The molecule has 0 aliphatic carbocycles. The number of nitrogens with zero attached hydrogens (tertiary/aromatic N) is 1. The second-order valence-corrected chi connectivity index (χ2v) is 7.89. The number of hydrogen-bond acceptors (Lipinski definition) is 5. The molecule has 7 heteroatoms. The van der Waals surface area contributed by atoms with Crippen LogP contribution in [0.5, 0.6) is 11.5 Å². The molecule has 2 heterocycles. The van der Waals surface area contributed by atoms with Crippen LogP contribution in [0.15, 0.2) is 69.9 Å². The van der Waals surface area contributed by atoms with E-state index in [4.69, 9.17) is 9.15 Å². The molecule has 1 aliphatic heterocycles. The molecule has 4 aromatic rings. The van der Waals surface area contributed by atoms with Crippen molar-refractivity contribution in [3.63, 3.8) is 0 Å². The van der Waals surface area contributed by atoms with Crippen LogP contribution in [-0.2, 0) is 0 Å². The number of aromatic hydroxyl groups is 1. The van der Waals surface area contributed by atoms with Crippen molar-refractivity contribution in [1.82, 2.24) is 0 Å². The number of fused-ring (bicyclic) bond motifs is 2. The maximum absolute atomic E-state index is 13.6. The Morgan fingerprint density at radius 2 is 1.82 bits per heavy atom. The lowest BCUT2D eigenvalue weighted by Crippen LogP contribution is -2.29. The van der Waals surface area contributed by atoms with Crippen molar-refractivity contribution in [2.75, 3.05) is 11.5 Å². The van der Waals surface area contributed by atoms with Gasteiger partial charge in [0.15, 0.2) is 16.9 Å². The predicted molar refractivity (Wildman–Crippen MR) is 122 cm³/mol. The van der Waals surface area contributed by atoms with E-state index in [0.29, 0.717) is 28.8 Å². The summed E-state index contributed by atoms with van der Waals surface area (Å²) in [5, 5.41) is 10.5. The molecule has 33 heavy (non-hydrogen) atoms. The molecule has 1 amide bonds. The molecule has 5 rings (SSSR count). The Morgan fingerprint density at radius 1 is 1.06 bits per heavy atom. The summed E-state index contributed by atoms with van der Waals surface area (Å²) in [4.78, 5) is 28.6. The summed E-state index contributed by atoms with van der Waals surface area (Å²) in [6.45, 7) is 3.98. The standard InChI is InChI=1S/C26H20FNO5/c1-3-32-21-13-15(5-10-19(21)29)23-22-24(30)18-12-14(2)4-11-20(18)33-25(22)26(31)28(23)17-8-6-16(27)7-9-17/h4-13,23,29H,3H2,1-2H3. The van der Waals surface area contributed by atoms with E-state index in [0.717, 1.165) is 5.56 Å². The molecule has 1 aromatic heterocycles. The van der Waals surface area contributed by atoms with Gasteiger partial charge in [0.1, 0.15) is 11.4 Å². The summed E-state index contributed by atoms with van der Waals surface area (Å²) in [5.41, 5.74) is 2.03. The van der Waals surface area contributed by atoms with E-state index in [1.54, 1.807) is 37.3 Å². The molecule has 0 spiro atoms. The molecule has 0 saturated carbocycles. The third-order valence-corrected chi connectivity index (χ3v) is 5.73. The zero-order valence-electron chi connectivity index (χ0n) is 18.0. The fourth-order valence-electron chi connectivity index (χ4n) is 4.24. The fourth-order valence-corrected chi connectivity index (χ4v) is 4.24. The van der Waals surface area contributed by atoms with Crippen molar-refractivity contribution < 1.29 is 23.4 Å². The minimum Gasteiger partial charge on any atom is -0.504 e. The lowest BCUT2D eigenvalue weighted by Gasteiger charge is -2.25. The highest BCUT2D eigenvalue weighted by molar-refractivity contribution is 6.10. The zero-order valence-corrected chi connectivity index (χ0v) is 18.0. The highest BCUT2D eigenvalue weighted by Gasteiger charge is 2.44. The van der Waals surface area contributed by atoms with Crippen molar-refractivity contribution in [1.29, 1.82) is 0 Å². The van der Waals surface area contributed by atoms with Gasteiger partial charge >= 0.3 is 0 Å². The molecule has 0 bridgehead atoms. The second kappa shape index (κ2) is 7.78. The van der Waals surface area contributed by atoms with Crippen molar-refractivity contribution in [2.45, 2.75) is 19.9 Å². The highest BCUT2D eigenvalue weighted by Crippen LogP contribution is 2.43. The first-order chi connectivity index (χ1) is 15.9. The number of rotatable bonds is 4. The molecular weight excluding hydrogens is 425 g/mol. The first-order valence-electron chi connectivity index (χ1n) is 10.5. The number of halogens is 1. The van der Waals surface area contributed by atoms with Crippen LogP contribution in [0.3, 0.4) is 0 Å². The Morgan fingerprint density at radius 3 is 2.55 bits per heavy atom. The normalized spacial score (nSPS) is 15.2. The van der Waals surface area contributed by atoms with Gasteiger partial charge in [0.25, 0.3) is 5.91 Å². The average molecular weight is 445 g/mol. The SMILES string of the molecule is CCOc1cc(C2c3c(oc4ccc(C)cc4c3=O)C(=O)N2c2ccc(F)cc2)ccc1O. The molecule has 0 fully saturated rings.